The quantitative estimate of drug-likeness (QED) is 0.183. The molecule has 0 fully saturated rings. The molecular formula is C42H26. The molecule has 0 bridgehead atoms. The first kappa shape index (κ1) is 21.8. The summed E-state index contributed by atoms with van der Waals surface area (Å²) in [6.07, 6.45) is 4.17. The minimum Gasteiger partial charge on any atom is -0.0616 e. The average molecular weight is 531 g/mol. The summed E-state index contributed by atoms with van der Waals surface area (Å²) in [5.74, 6) is 0. The molecule has 0 aliphatic heterocycles. The maximum atomic E-state index is 2.53. The van der Waals surface area contributed by atoms with Crippen LogP contribution in [-0.4, -0.2) is 0 Å². The van der Waals surface area contributed by atoms with Gasteiger partial charge in [-0.1, -0.05) is 78.9 Å². The summed E-state index contributed by atoms with van der Waals surface area (Å²) < 4.78 is 0. The van der Waals surface area contributed by atoms with Crippen molar-refractivity contribution in [2.75, 3.05) is 0 Å². The van der Waals surface area contributed by atoms with E-state index in [0.717, 1.165) is 25.7 Å². The van der Waals surface area contributed by atoms with Crippen molar-refractivity contribution in [2.24, 2.45) is 0 Å². The summed E-state index contributed by atoms with van der Waals surface area (Å²) >= 11 is 0. The lowest BCUT2D eigenvalue weighted by molar-refractivity contribution is 1.16. The molecule has 7 aromatic carbocycles. The second kappa shape index (κ2) is 7.46. The van der Waals surface area contributed by atoms with E-state index in [1.165, 1.54) is 99.4 Å². The Balaban J connectivity index is 1.01. The molecule has 0 saturated heterocycles. The highest BCUT2D eigenvalue weighted by molar-refractivity contribution is 6.02. The topological polar surface area (TPSA) is 0 Å². The van der Waals surface area contributed by atoms with Gasteiger partial charge in [-0.2, -0.15) is 0 Å². The van der Waals surface area contributed by atoms with Crippen LogP contribution in [0.3, 0.4) is 0 Å². The second-order valence-corrected chi connectivity index (χ2v) is 12.8. The van der Waals surface area contributed by atoms with Gasteiger partial charge in [-0.15, -0.1) is 0 Å². The van der Waals surface area contributed by atoms with Crippen LogP contribution < -0.4 is 0 Å². The van der Waals surface area contributed by atoms with Gasteiger partial charge in [-0.25, -0.2) is 0 Å². The lowest BCUT2D eigenvalue weighted by atomic mass is 9.94. The number of hydrogen-bond acceptors (Lipinski definition) is 0. The molecule has 0 heteroatoms. The van der Waals surface area contributed by atoms with Crippen LogP contribution in [0, 0.1) is 0 Å². The first-order valence-electron chi connectivity index (χ1n) is 15.3. The SMILES string of the molecule is c1ccc2cc3c(cc2c1)Cc1cc2c(cc1-3)Cc1c-2ccc2c1Cc1cc3c(cc1-2)Cc1ccc2ccccc2c1-3. The van der Waals surface area contributed by atoms with E-state index < -0.39 is 0 Å². The van der Waals surface area contributed by atoms with Gasteiger partial charge in [0.15, 0.2) is 0 Å². The van der Waals surface area contributed by atoms with Crippen molar-refractivity contribution in [1.29, 1.82) is 0 Å². The van der Waals surface area contributed by atoms with E-state index in [9.17, 15) is 0 Å². The molecule has 0 aromatic heterocycles. The maximum absolute atomic E-state index is 2.53. The van der Waals surface area contributed by atoms with Gasteiger partial charge in [0.1, 0.15) is 0 Å². The number of hydrogen-bond donors (Lipinski definition) is 0. The van der Waals surface area contributed by atoms with E-state index in [-0.39, 0.29) is 0 Å². The standard InChI is InChI=1S/C42H26/c1-2-7-25-16-37-27(13-24(25)6-1)15-28-17-35-30(19-38(28)37)21-40-33(35)11-12-34-36-18-29-14-26-10-9-23-5-3-4-8-32(23)42(26)39(29)20-31(36)22-41(34)40/h1-13,16-20H,14-15,21-22H2. The fourth-order valence-corrected chi connectivity index (χ4v) is 8.81. The molecule has 0 unspecified atom stereocenters. The molecule has 7 aromatic rings. The molecule has 11 rings (SSSR count). The number of benzene rings is 7. The lowest BCUT2D eigenvalue weighted by Gasteiger charge is -2.09. The van der Waals surface area contributed by atoms with Crippen molar-refractivity contribution in [3.8, 4) is 44.5 Å². The van der Waals surface area contributed by atoms with Crippen LogP contribution in [0.5, 0.6) is 0 Å². The Morgan fingerprint density at radius 2 is 0.810 bits per heavy atom. The smallest absolute Gasteiger partial charge is 0.00102 e. The highest BCUT2D eigenvalue weighted by atomic mass is 14.4. The van der Waals surface area contributed by atoms with E-state index >= 15 is 0 Å². The lowest BCUT2D eigenvalue weighted by Crippen LogP contribution is -1.91. The van der Waals surface area contributed by atoms with Crippen LogP contribution in [-0.2, 0) is 25.7 Å². The molecule has 0 atom stereocenters. The molecule has 0 amide bonds. The monoisotopic (exact) mass is 530 g/mol. The summed E-state index contributed by atoms with van der Waals surface area (Å²) in [5.41, 5.74) is 23.7. The van der Waals surface area contributed by atoms with Gasteiger partial charge in [0, 0.05) is 0 Å². The van der Waals surface area contributed by atoms with Crippen molar-refractivity contribution in [3.63, 3.8) is 0 Å². The predicted molar refractivity (Wildman–Crippen MR) is 174 cm³/mol. The highest BCUT2D eigenvalue weighted by Crippen LogP contribution is 2.52. The Morgan fingerprint density at radius 1 is 0.310 bits per heavy atom. The zero-order valence-corrected chi connectivity index (χ0v) is 23.2. The first-order chi connectivity index (χ1) is 20.8. The van der Waals surface area contributed by atoms with Crippen molar-refractivity contribution in [1.82, 2.24) is 0 Å². The van der Waals surface area contributed by atoms with Crippen molar-refractivity contribution in [3.05, 3.63) is 154 Å². The fourth-order valence-electron chi connectivity index (χ4n) is 8.81. The molecule has 4 aliphatic carbocycles. The summed E-state index contributed by atoms with van der Waals surface area (Å²) in [5, 5.41) is 5.42. The summed E-state index contributed by atoms with van der Waals surface area (Å²) in [4.78, 5) is 0. The van der Waals surface area contributed by atoms with Gasteiger partial charge < -0.3 is 0 Å². The van der Waals surface area contributed by atoms with Crippen molar-refractivity contribution < 1.29 is 0 Å². The third-order valence-corrected chi connectivity index (χ3v) is 10.7. The Kier molecular flexibility index (Phi) is 3.87. The summed E-state index contributed by atoms with van der Waals surface area (Å²) in [6, 6.07) is 42.1. The van der Waals surface area contributed by atoms with E-state index in [0.29, 0.717) is 0 Å². The Labute approximate surface area is 244 Å². The Bertz CT molecular complexity index is 2400. The first-order valence-corrected chi connectivity index (χ1v) is 15.3. The summed E-state index contributed by atoms with van der Waals surface area (Å²) in [6.45, 7) is 0. The van der Waals surface area contributed by atoms with E-state index in [1.54, 1.807) is 11.1 Å². The van der Waals surface area contributed by atoms with Gasteiger partial charge in [0.25, 0.3) is 0 Å². The summed E-state index contributed by atoms with van der Waals surface area (Å²) in [7, 11) is 0. The zero-order valence-electron chi connectivity index (χ0n) is 23.2. The minimum absolute atomic E-state index is 1.04. The molecule has 4 aliphatic rings. The zero-order chi connectivity index (χ0) is 27.1. The van der Waals surface area contributed by atoms with Crippen LogP contribution in [0.15, 0.2) is 109 Å². The predicted octanol–water partition coefficient (Wildman–Crippen LogP) is 10.3. The number of rotatable bonds is 0. The van der Waals surface area contributed by atoms with Gasteiger partial charge in [-0.3, -0.25) is 0 Å². The fraction of sp³-hybridized carbons (Fsp3) is 0.0952. The van der Waals surface area contributed by atoms with Crippen LogP contribution in [0.4, 0.5) is 0 Å². The van der Waals surface area contributed by atoms with E-state index in [2.05, 4.69) is 109 Å². The van der Waals surface area contributed by atoms with Crippen LogP contribution in [0.25, 0.3) is 66.1 Å². The van der Waals surface area contributed by atoms with Gasteiger partial charge >= 0.3 is 0 Å². The minimum atomic E-state index is 1.04. The van der Waals surface area contributed by atoms with E-state index in [4.69, 9.17) is 0 Å². The van der Waals surface area contributed by atoms with Gasteiger partial charge in [0.2, 0.25) is 0 Å². The van der Waals surface area contributed by atoms with Gasteiger partial charge in [-0.05, 0) is 167 Å². The number of fused-ring (bicyclic) bond motifs is 16. The van der Waals surface area contributed by atoms with Crippen molar-refractivity contribution in [2.45, 2.75) is 25.7 Å². The average Bonchev–Trinajstić information content (AvgIpc) is 3.77. The molecule has 42 heavy (non-hydrogen) atoms. The molecular weight excluding hydrogens is 504 g/mol. The highest BCUT2D eigenvalue weighted by Gasteiger charge is 2.32. The molecule has 0 spiro atoms. The molecule has 0 nitrogen and oxygen atoms in total. The maximum Gasteiger partial charge on any atom is -0.00102 e. The van der Waals surface area contributed by atoms with Gasteiger partial charge in [0.05, 0.1) is 0 Å². The molecule has 0 N–H and O–H groups in total. The normalized spacial score (nSPS) is 14.3. The third-order valence-electron chi connectivity index (χ3n) is 10.7. The molecule has 0 heterocycles. The van der Waals surface area contributed by atoms with Crippen LogP contribution in [0.2, 0.25) is 0 Å². The van der Waals surface area contributed by atoms with E-state index in [1.807, 2.05) is 0 Å². The van der Waals surface area contributed by atoms with Crippen LogP contribution in [0.1, 0.15) is 44.5 Å². The second-order valence-electron chi connectivity index (χ2n) is 12.8. The Morgan fingerprint density at radius 3 is 1.55 bits per heavy atom. The largest absolute Gasteiger partial charge is 0.0616 e. The van der Waals surface area contributed by atoms with Crippen molar-refractivity contribution >= 4 is 21.5 Å². The molecule has 0 radical (unpaired) electrons. The third kappa shape index (κ3) is 2.69. The van der Waals surface area contributed by atoms with Crippen LogP contribution >= 0.6 is 0 Å². The molecule has 194 valence electrons. The molecule has 0 saturated carbocycles. The Hall–Kier alpha value is -4.94.